The molecule has 0 spiro atoms. The molecule has 4 rings (SSSR count). The molecule has 1 aliphatic heterocycles. The molecule has 170 valence electrons. The minimum atomic E-state index is -0.450. The van der Waals surface area contributed by atoms with Crippen molar-refractivity contribution in [2.24, 2.45) is 5.92 Å². The van der Waals surface area contributed by atoms with Crippen LogP contribution in [-0.4, -0.2) is 17.7 Å². The van der Waals surface area contributed by atoms with E-state index in [2.05, 4.69) is 10.6 Å². The van der Waals surface area contributed by atoms with E-state index in [9.17, 15) is 14.4 Å². The predicted octanol–water partition coefficient (Wildman–Crippen LogP) is 5.79. The number of benzene rings is 2. The predicted molar refractivity (Wildman–Crippen MR) is 133 cm³/mol. The molecule has 0 saturated carbocycles. The van der Waals surface area contributed by atoms with Gasteiger partial charge < -0.3 is 15.5 Å². The Hall–Kier alpha value is -3.16. The number of halogens is 1. The molecule has 2 N–H and O–H groups in total. The number of aryl methyl sites for hydroxylation is 1. The van der Waals surface area contributed by atoms with Gasteiger partial charge in [0, 0.05) is 29.6 Å². The van der Waals surface area contributed by atoms with E-state index >= 15 is 0 Å². The summed E-state index contributed by atoms with van der Waals surface area (Å²) in [4.78, 5) is 40.5. The van der Waals surface area contributed by atoms with Gasteiger partial charge in [-0.2, -0.15) is 0 Å². The van der Waals surface area contributed by atoms with Gasteiger partial charge in [-0.3, -0.25) is 14.4 Å². The van der Waals surface area contributed by atoms with Crippen molar-refractivity contribution in [2.45, 2.75) is 32.7 Å². The fraction of sp³-hybridized carbons (Fsp3) is 0.240. The molecule has 8 heteroatoms. The largest absolute Gasteiger partial charge is 0.326 e. The van der Waals surface area contributed by atoms with Crippen molar-refractivity contribution in [3.63, 3.8) is 0 Å². The summed E-state index contributed by atoms with van der Waals surface area (Å²) >= 11 is 7.90. The monoisotopic (exact) mass is 481 g/mol. The molecule has 2 unspecified atom stereocenters. The smallest absolute Gasteiger partial charge is 0.230 e. The molecule has 6 nitrogen and oxygen atoms in total. The Balaban J connectivity index is 1.64. The molecule has 1 aliphatic rings. The summed E-state index contributed by atoms with van der Waals surface area (Å²) < 4.78 is 0. The van der Waals surface area contributed by atoms with Crippen LogP contribution in [0.1, 0.15) is 36.2 Å². The van der Waals surface area contributed by atoms with Crippen LogP contribution in [0, 0.1) is 12.8 Å². The Morgan fingerprint density at radius 1 is 1.09 bits per heavy atom. The highest BCUT2D eigenvalue weighted by Crippen LogP contribution is 2.42. The number of rotatable bonds is 5. The fourth-order valence-corrected chi connectivity index (χ4v) is 5.19. The van der Waals surface area contributed by atoms with Gasteiger partial charge in [0.25, 0.3) is 0 Å². The van der Waals surface area contributed by atoms with E-state index in [0.717, 1.165) is 16.1 Å². The normalized spacial score (nSPS) is 18.2. The molecule has 1 aromatic heterocycles. The van der Waals surface area contributed by atoms with Crippen LogP contribution in [0.2, 0.25) is 5.02 Å². The number of carbonyl (C=O) groups is 3. The van der Waals surface area contributed by atoms with Crippen molar-refractivity contribution in [1.82, 2.24) is 0 Å². The Morgan fingerprint density at radius 3 is 2.48 bits per heavy atom. The zero-order valence-electron chi connectivity index (χ0n) is 18.3. The van der Waals surface area contributed by atoms with Crippen LogP contribution in [0.15, 0.2) is 60.0 Å². The third-order valence-electron chi connectivity index (χ3n) is 5.63. The molecular weight excluding hydrogens is 458 g/mol. The first-order valence-corrected chi connectivity index (χ1v) is 11.9. The Morgan fingerprint density at radius 2 is 1.85 bits per heavy atom. The topological polar surface area (TPSA) is 78.5 Å². The van der Waals surface area contributed by atoms with Gasteiger partial charge in [0.2, 0.25) is 17.7 Å². The molecule has 2 heterocycles. The van der Waals surface area contributed by atoms with Crippen LogP contribution in [0.25, 0.3) is 0 Å². The van der Waals surface area contributed by atoms with Crippen LogP contribution in [0.3, 0.4) is 0 Å². The van der Waals surface area contributed by atoms with Gasteiger partial charge in [-0.15, -0.1) is 11.3 Å². The van der Waals surface area contributed by atoms with E-state index in [1.165, 1.54) is 18.3 Å². The average molecular weight is 482 g/mol. The second kappa shape index (κ2) is 9.77. The molecule has 2 atom stereocenters. The first kappa shape index (κ1) is 23.0. The quantitative estimate of drug-likeness (QED) is 0.484. The maximum absolute atomic E-state index is 13.5. The molecule has 3 amide bonds. The lowest BCUT2D eigenvalue weighted by molar-refractivity contribution is -0.126. The van der Waals surface area contributed by atoms with E-state index in [1.54, 1.807) is 23.1 Å². The Bertz CT molecular complexity index is 1180. The molecule has 1 fully saturated rings. The minimum absolute atomic E-state index is 0.000930. The van der Waals surface area contributed by atoms with Gasteiger partial charge in [-0.05, 0) is 55.1 Å². The zero-order valence-corrected chi connectivity index (χ0v) is 19.9. The number of piperidine rings is 1. The van der Waals surface area contributed by atoms with E-state index in [1.807, 2.05) is 48.7 Å². The third-order valence-corrected chi connectivity index (χ3v) is 6.88. The van der Waals surface area contributed by atoms with Crippen LogP contribution in [0.4, 0.5) is 17.1 Å². The van der Waals surface area contributed by atoms with Gasteiger partial charge in [0.15, 0.2) is 0 Å². The van der Waals surface area contributed by atoms with Gasteiger partial charge in [-0.25, -0.2) is 0 Å². The zero-order chi connectivity index (χ0) is 23.5. The van der Waals surface area contributed by atoms with Crippen LogP contribution < -0.4 is 15.5 Å². The number of carbonyl (C=O) groups excluding carboxylic acids is 3. The summed E-state index contributed by atoms with van der Waals surface area (Å²) in [6.45, 7) is 3.41. The molecule has 0 radical (unpaired) electrons. The van der Waals surface area contributed by atoms with Crippen molar-refractivity contribution >= 4 is 57.7 Å². The van der Waals surface area contributed by atoms with Crippen molar-refractivity contribution in [3.05, 3.63) is 75.4 Å². The van der Waals surface area contributed by atoms with E-state index in [-0.39, 0.29) is 24.1 Å². The van der Waals surface area contributed by atoms with Crippen LogP contribution in [0.5, 0.6) is 0 Å². The van der Waals surface area contributed by atoms with Gasteiger partial charge in [-0.1, -0.05) is 35.4 Å². The van der Waals surface area contributed by atoms with Crippen molar-refractivity contribution in [1.29, 1.82) is 0 Å². The molecule has 0 aliphatic carbocycles. The summed E-state index contributed by atoms with van der Waals surface area (Å²) in [7, 11) is 0. The van der Waals surface area contributed by atoms with E-state index in [4.69, 9.17) is 11.6 Å². The summed E-state index contributed by atoms with van der Waals surface area (Å²) in [5.41, 5.74) is 2.89. The molecule has 0 bridgehead atoms. The number of nitrogens with zero attached hydrogens (tertiary/aromatic N) is 1. The van der Waals surface area contributed by atoms with Gasteiger partial charge in [0.05, 0.1) is 22.7 Å². The van der Waals surface area contributed by atoms with Crippen molar-refractivity contribution in [3.8, 4) is 0 Å². The molecular formula is C25H24ClN3O3S. The van der Waals surface area contributed by atoms with Crippen molar-refractivity contribution < 1.29 is 14.4 Å². The number of nitrogens with one attached hydrogen (secondary N) is 2. The minimum Gasteiger partial charge on any atom is -0.326 e. The highest BCUT2D eigenvalue weighted by atomic mass is 35.5. The third kappa shape index (κ3) is 5.10. The van der Waals surface area contributed by atoms with Gasteiger partial charge in [0.1, 0.15) is 0 Å². The molecule has 3 aromatic rings. The second-order valence-electron chi connectivity index (χ2n) is 8.07. The number of amides is 3. The highest BCUT2D eigenvalue weighted by Gasteiger charge is 2.42. The lowest BCUT2D eigenvalue weighted by Crippen LogP contribution is -2.46. The molecule has 2 aromatic carbocycles. The summed E-state index contributed by atoms with van der Waals surface area (Å²) in [5, 5.41) is 7.88. The lowest BCUT2D eigenvalue weighted by atomic mass is 9.86. The number of hydrogen-bond acceptors (Lipinski definition) is 4. The second-order valence-corrected chi connectivity index (χ2v) is 9.46. The number of anilines is 3. The van der Waals surface area contributed by atoms with Crippen molar-refractivity contribution in [2.75, 3.05) is 15.5 Å². The highest BCUT2D eigenvalue weighted by molar-refractivity contribution is 7.10. The summed E-state index contributed by atoms with van der Waals surface area (Å²) in [6.07, 6.45) is 0.722. The maximum Gasteiger partial charge on any atom is 0.230 e. The molecule has 1 saturated heterocycles. The molecule has 33 heavy (non-hydrogen) atoms. The Labute approximate surface area is 201 Å². The van der Waals surface area contributed by atoms with Crippen LogP contribution in [-0.2, 0) is 14.4 Å². The van der Waals surface area contributed by atoms with Crippen LogP contribution >= 0.6 is 22.9 Å². The van der Waals surface area contributed by atoms with E-state index in [0.29, 0.717) is 22.8 Å². The lowest BCUT2D eigenvalue weighted by Gasteiger charge is -2.40. The Kier molecular flexibility index (Phi) is 6.81. The summed E-state index contributed by atoms with van der Waals surface area (Å²) in [6, 6.07) is 16.2. The number of hydrogen-bond donors (Lipinski definition) is 2. The standard InChI is InChI=1S/C25H24ClN3O3S/c1-15-5-8-18(9-6-15)29-23(31)12-10-19(24(29)22-4-3-13-33-22)25(32)28-21-11-7-17(14-20(21)26)27-16(2)30/h3-9,11,13-14,19,24H,10,12H2,1-2H3,(H,27,30)(H,28,32). The fourth-order valence-electron chi connectivity index (χ4n) is 4.08. The average Bonchev–Trinajstić information content (AvgIpc) is 3.30. The first-order chi connectivity index (χ1) is 15.8. The van der Waals surface area contributed by atoms with E-state index < -0.39 is 12.0 Å². The summed E-state index contributed by atoms with van der Waals surface area (Å²) in [5.74, 6) is -0.857. The SMILES string of the molecule is CC(=O)Nc1ccc(NC(=O)C2CCC(=O)N(c3ccc(C)cc3)C2c2cccs2)c(Cl)c1. The maximum atomic E-state index is 13.5. The van der Waals surface area contributed by atoms with Gasteiger partial charge >= 0.3 is 0 Å². The number of thiophene rings is 1. The first-order valence-electron chi connectivity index (χ1n) is 10.6.